The highest BCUT2D eigenvalue weighted by atomic mass is 31.1. The molecule has 0 aliphatic rings. The predicted octanol–water partition coefficient (Wildman–Crippen LogP) is 7.32. The molecule has 0 aromatic carbocycles. The third kappa shape index (κ3) is 4.27. The molecule has 0 amide bonds. The summed E-state index contributed by atoms with van der Waals surface area (Å²) in [6, 6.07) is 0. The maximum absolute atomic E-state index is 2.35. The molecule has 1 aromatic heterocycles. The maximum atomic E-state index is 2.35. The molecule has 0 aliphatic heterocycles. The van der Waals surface area contributed by atoms with Crippen LogP contribution in [0.1, 0.15) is 77.4 Å². The van der Waals surface area contributed by atoms with Crippen molar-refractivity contribution in [1.29, 1.82) is 0 Å². The van der Waals surface area contributed by atoms with Gasteiger partial charge in [-0.2, -0.15) is 0 Å². The van der Waals surface area contributed by atoms with Crippen molar-refractivity contribution in [3.63, 3.8) is 0 Å². The highest BCUT2D eigenvalue weighted by Crippen LogP contribution is 2.52. The third-order valence-corrected chi connectivity index (χ3v) is 9.74. The van der Waals surface area contributed by atoms with Crippen molar-refractivity contribution in [2.24, 2.45) is 0 Å². The Labute approximate surface area is 118 Å². The quantitative estimate of drug-likeness (QED) is 0.471. The van der Waals surface area contributed by atoms with Gasteiger partial charge in [0.15, 0.2) is 0 Å². The minimum absolute atomic E-state index is 0.312. The normalized spacial score (nSPS) is 15.2. The molecule has 1 rings (SSSR count). The van der Waals surface area contributed by atoms with E-state index in [1.807, 2.05) is 0 Å². The third-order valence-electron chi connectivity index (χ3n) is 2.65. The van der Waals surface area contributed by atoms with Crippen molar-refractivity contribution >= 4 is 24.6 Å². The van der Waals surface area contributed by atoms with Crippen LogP contribution in [0.25, 0.3) is 0 Å². The highest BCUT2D eigenvalue weighted by Gasteiger charge is 2.25. The van der Waals surface area contributed by atoms with E-state index in [1.54, 1.807) is 15.1 Å². The van der Waals surface area contributed by atoms with Gasteiger partial charge >= 0.3 is 0 Å². The zero-order valence-corrected chi connectivity index (χ0v) is 16.0. The Morgan fingerprint density at radius 3 is 0.722 bits per heavy atom. The lowest BCUT2D eigenvalue weighted by molar-refractivity contribution is 0.601. The molecular formula is C15H27P3. The van der Waals surface area contributed by atoms with Crippen molar-refractivity contribution in [2.45, 2.75) is 78.6 Å². The van der Waals surface area contributed by atoms with Gasteiger partial charge in [0.25, 0.3) is 0 Å². The van der Waals surface area contributed by atoms with E-state index in [0.717, 1.165) is 0 Å². The molecule has 1 aromatic rings. The Balaban J connectivity index is 3.49. The summed E-state index contributed by atoms with van der Waals surface area (Å²) >= 11 is 0. The lowest BCUT2D eigenvalue weighted by Gasteiger charge is -2.27. The molecule has 0 fully saturated rings. The Morgan fingerprint density at radius 1 is 0.444 bits per heavy atom. The fraction of sp³-hybridized carbons (Fsp3) is 0.800. The van der Waals surface area contributed by atoms with E-state index in [1.165, 1.54) is 24.6 Å². The van der Waals surface area contributed by atoms with Gasteiger partial charge in [0, 0.05) is 15.1 Å². The lowest BCUT2D eigenvalue weighted by Crippen LogP contribution is -2.13. The molecular weight excluding hydrogens is 273 g/mol. The zero-order valence-electron chi connectivity index (χ0n) is 13.3. The summed E-state index contributed by atoms with van der Waals surface area (Å²) in [6.45, 7) is 21.2. The first-order chi connectivity index (χ1) is 7.82. The monoisotopic (exact) mass is 300 g/mol. The van der Waals surface area contributed by atoms with Crippen LogP contribution in [-0.4, -0.2) is 0 Å². The van der Waals surface area contributed by atoms with Crippen molar-refractivity contribution < 1.29 is 0 Å². The van der Waals surface area contributed by atoms with Crippen LogP contribution in [-0.2, 0) is 16.2 Å². The van der Waals surface area contributed by atoms with Gasteiger partial charge in [0.05, 0.1) is 0 Å². The number of hydrogen-bond acceptors (Lipinski definition) is 0. The van der Waals surface area contributed by atoms with Gasteiger partial charge in [-0.3, -0.25) is 0 Å². The second-order valence-corrected chi connectivity index (χ2v) is 12.5. The molecule has 0 unspecified atom stereocenters. The van der Waals surface area contributed by atoms with E-state index in [0.29, 0.717) is 16.2 Å². The van der Waals surface area contributed by atoms with E-state index in [-0.39, 0.29) is 0 Å². The fourth-order valence-electron chi connectivity index (χ4n) is 1.38. The number of rotatable bonds is 0. The van der Waals surface area contributed by atoms with E-state index in [4.69, 9.17) is 0 Å². The average molecular weight is 300 g/mol. The Kier molecular flexibility index (Phi) is 4.72. The Bertz CT molecular complexity index is 350. The van der Waals surface area contributed by atoms with Gasteiger partial charge in [-0.15, -0.1) is 0 Å². The first-order valence-electron chi connectivity index (χ1n) is 6.59. The molecule has 0 bridgehead atoms. The molecule has 0 nitrogen and oxygen atoms in total. The average Bonchev–Trinajstić information content (AvgIpc) is 2.13. The molecule has 18 heavy (non-hydrogen) atoms. The second kappa shape index (κ2) is 5.13. The van der Waals surface area contributed by atoms with Crippen LogP contribution < -0.4 is 0 Å². The van der Waals surface area contributed by atoms with Gasteiger partial charge < -0.3 is 0 Å². The summed E-state index contributed by atoms with van der Waals surface area (Å²) in [5.74, 6) is 0. The van der Waals surface area contributed by atoms with E-state index >= 15 is 0 Å². The molecule has 0 atom stereocenters. The van der Waals surface area contributed by atoms with Crippen LogP contribution in [0.5, 0.6) is 0 Å². The first kappa shape index (κ1) is 16.6. The van der Waals surface area contributed by atoms with Crippen LogP contribution in [0.15, 0.2) is 0 Å². The topological polar surface area (TPSA) is 0 Å². The summed E-state index contributed by atoms with van der Waals surface area (Å²) in [7, 11) is 4.49. The molecule has 102 valence electrons. The minimum Gasteiger partial charge on any atom is -0.0582 e. The summed E-state index contributed by atoms with van der Waals surface area (Å²) in [4.78, 5) is 0. The smallest absolute Gasteiger partial charge is 0.0132 e. The summed E-state index contributed by atoms with van der Waals surface area (Å²) in [5, 5.41) is 4.99. The first-order valence-corrected chi connectivity index (χ1v) is 9.27. The lowest BCUT2D eigenvalue weighted by atomic mass is 10.00. The number of hydrogen-bond donors (Lipinski definition) is 0. The van der Waals surface area contributed by atoms with E-state index in [2.05, 4.69) is 62.3 Å². The summed E-state index contributed by atoms with van der Waals surface area (Å²) < 4.78 is 0. The van der Waals surface area contributed by atoms with Crippen LogP contribution in [0.4, 0.5) is 0 Å². The Morgan fingerprint density at radius 2 is 0.611 bits per heavy atom. The van der Waals surface area contributed by atoms with Crippen molar-refractivity contribution in [3.8, 4) is 0 Å². The maximum Gasteiger partial charge on any atom is 0.0132 e. The van der Waals surface area contributed by atoms with Gasteiger partial charge in [-0.25, -0.2) is 0 Å². The molecule has 0 N–H and O–H groups in total. The van der Waals surface area contributed by atoms with Crippen LogP contribution in [0, 0.1) is 0 Å². The molecule has 3 heteroatoms. The molecule has 0 saturated heterocycles. The van der Waals surface area contributed by atoms with E-state index in [9.17, 15) is 0 Å². The fourth-order valence-corrected chi connectivity index (χ4v) is 7.11. The van der Waals surface area contributed by atoms with Gasteiger partial charge in [0.1, 0.15) is 0 Å². The summed E-state index contributed by atoms with van der Waals surface area (Å²) in [5.41, 5.74) is 0.935. The molecule has 0 radical (unpaired) electrons. The van der Waals surface area contributed by atoms with Crippen molar-refractivity contribution in [3.05, 3.63) is 15.1 Å². The SMILES string of the molecule is CC(C)(C)c1pc(C(C)(C)C)pc(C(C)(C)C)p1. The molecule has 0 spiro atoms. The van der Waals surface area contributed by atoms with Crippen LogP contribution in [0.3, 0.4) is 0 Å². The van der Waals surface area contributed by atoms with Gasteiger partial charge in [-0.1, -0.05) is 86.9 Å². The summed E-state index contributed by atoms with van der Waals surface area (Å²) in [6.07, 6.45) is 0. The molecule has 0 aliphatic carbocycles. The minimum atomic E-state index is 0.312. The molecule has 1 heterocycles. The largest absolute Gasteiger partial charge is 0.0582 e. The molecule has 0 saturated carbocycles. The van der Waals surface area contributed by atoms with Gasteiger partial charge in [0.2, 0.25) is 0 Å². The second-order valence-electron chi connectivity index (χ2n) is 8.06. The zero-order chi connectivity index (χ0) is 14.4. The van der Waals surface area contributed by atoms with Crippen LogP contribution in [0.2, 0.25) is 0 Å². The highest BCUT2D eigenvalue weighted by molar-refractivity contribution is 7.61. The van der Waals surface area contributed by atoms with Crippen molar-refractivity contribution in [1.82, 2.24) is 0 Å². The van der Waals surface area contributed by atoms with E-state index < -0.39 is 0 Å². The van der Waals surface area contributed by atoms with Crippen LogP contribution >= 0.6 is 24.6 Å². The Hall–Kier alpha value is 0.510. The standard InChI is InChI=1S/C15H27P3/c1-13(2,3)10-16-11(14(4,5)6)18-12(17-10)15(7,8)9/h1-9H3. The van der Waals surface area contributed by atoms with Gasteiger partial charge in [-0.05, 0) is 16.2 Å². The van der Waals surface area contributed by atoms with Crippen molar-refractivity contribution in [2.75, 3.05) is 0 Å². The predicted molar refractivity (Wildman–Crippen MR) is 90.1 cm³/mol.